The number of hydrogen-bond acceptors (Lipinski definition) is 4. The molecule has 18 heavy (non-hydrogen) atoms. The van der Waals surface area contributed by atoms with E-state index in [1.807, 2.05) is 39.8 Å². The van der Waals surface area contributed by atoms with Crippen LogP contribution in [-0.2, 0) is 20.7 Å². The van der Waals surface area contributed by atoms with Gasteiger partial charge in [0.25, 0.3) is 0 Å². The van der Waals surface area contributed by atoms with Crippen LogP contribution in [0.5, 0.6) is 0 Å². The zero-order valence-corrected chi connectivity index (χ0v) is 12.2. The summed E-state index contributed by atoms with van der Waals surface area (Å²) in [5.74, 6) is -0.221. The first-order chi connectivity index (χ1) is 8.26. The molecule has 0 saturated heterocycles. The summed E-state index contributed by atoms with van der Waals surface area (Å²) in [6, 6.07) is 3.96. The van der Waals surface area contributed by atoms with Crippen molar-refractivity contribution in [3.05, 3.63) is 21.9 Å². The fraction of sp³-hybridized carbons (Fsp3) is 0.571. The first-order valence-corrected chi connectivity index (χ1v) is 6.87. The molecule has 1 rings (SSSR count). The monoisotopic (exact) mass is 268 g/mol. The van der Waals surface area contributed by atoms with Crippen LogP contribution >= 0.6 is 11.3 Å². The van der Waals surface area contributed by atoms with E-state index in [0.29, 0.717) is 6.42 Å². The molecular weight excluding hydrogens is 248 g/mol. The lowest BCUT2D eigenvalue weighted by Gasteiger charge is -2.19. The van der Waals surface area contributed by atoms with Gasteiger partial charge in [-0.1, -0.05) is 0 Å². The zero-order valence-electron chi connectivity index (χ0n) is 11.4. The summed E-state index contributed by atoms with van der Waals surface area (Å²) in [5, 5.41) is 0. The van der Waals surface area contributed by atoms with E-state index in [1.165, 1.54) is 4.88 Å². The SMILES string of the molecule is Cc1ccc(CC(=O)CCC(=O)OC(C)(C)C)s1. The third-order valence-corrected chi connectivity index (χ3v) is 3.20. The van der Waals surface area contributed by atoms with Crippen molar-refractivity contribution in [2.75, 3.05) is 0 Å². The van der Waals surface area contributed by atoms with E-state index < -0.39 is 5.60 Å². The molecule has 100 valence electrons. The van der Waals surface area contributed by atoms with Gasteiger partial charge in [-0.05, 0) is 39.8 Å². The number of ketones is 1. The summed E-state index contributed by atoms with van der Waals surface area (Å²) in [6.07, 6.45) is 0.841. The predicted octanol–water partition coefficient (Wildman–Crippen LogP) is 3.29. The molecule has 0 amide bonds. The normalized spacial score (nSPS) is 11.3. The Balaban J connectivity index is 2.31. The summed E-state index contributed by atoms with van der Waals surface area (Å²) < 4.78 is 5.15. The van der Waals surface area contributed by atoms with E-state index in [4.69, 9.17) is 4.74 Å². The van der Waals surface area contributed by atoms with Crippen LogP contribution in [0.1, 0.15) is 43.4 Å². The van der Waals surface area contributed by atoms with E-state index in [0.717, 1.165) is 4.88 Å². The maximum absolute atomic E-state index is 11.7. The van der Waals surface area contributed by atoms with E-state index in [-0.39, 0.29) is 24.6 Å². The van der Waals surface area contributed by atoms with Gasteiger partial charge in [-0.25, -0.2) is 0 Å². The first-order valence-electron chi connectivity index (χ1n) is 6.05. The lowest BCUT2D eigenvalue weighted by atomic mass is 10.1. The van der Waals surface area contributed by atoms with Crippen molar-refractivity contribution in [2.24, 2.45) is 0 Å². The number of thiophene rings is 1. The topological polar surface area (TPSA) is 43.4 Å². The average Bonchev–Trinajstić information content (AvgIpc) is 2.58. The van der Waals surface area contributed by atoms with Crippen molar-refractivity contribution >= 4 is 23.1 Å². The third kappa shape index (κ3) is 5.96. The Labute approximate surface area is 112 Å². The van der Waals surface area contributed by atoms with Crippen LogP contribution in [0.15, 0.2) is 12.1 Å². The van der Waals surface area contributed by atoms with Gasteiger partial charge < -0.3 is 4.74 Å². The van der Waals surface area contributed by atoms with Gasteiger partial charge in [0.2, 0.25) is 0 Å². The second-order valence-electron chi connectivity index (χ2n) is 5.31. The number of hydrogen-bond donors (Lipinski definition) is 0. The molecule has 1 aromatic heterocycles. The molecule has 0 aliphatic carbocycles. The van der Waals surface area contributed by atoms with Crippen molar-refractivity contribution in [1.82, 2.24) is 0 Å². The van der Waals surface area contributed by atoms with Gasteiger partial charge in [-0.15, -0.1) is 11.3 Å². The van der Waals surface area contributed by atoms with E-state index >= 15 is 0 Å². The largest absolute Gasteiger partial charge is 0.460 e. The van der Waals surface area contributed by atoms with Crippen LogP contribution in [-0.4, -0.2) is 17.4 Å². The first kappa shape index (κ1) is 14.9. The highest BCUT2D eigenvalue weighted by atomic mass is 32.1. The standard InChI is InChI=1S/C14H20O3S/c1-10-5-7-12(18-10)9-11(15)6-8-13(16)17-14(2,3)4/h5,7H,6,8-9H2,1-4H3. The van der Waals surface area contributed by atoms with Crippen LogP contribution in [0.2, 0.25) is 0 Å². The summed E-state index contributed by atoms with van der Waals surface area (Å²) in [6.45, 7) is 7.47. The van der Waals surface area contributed by atoms with Gasteiger partial charge in [0.1, 0.15) is 11.4 Å². The molecule has 4 heteroatoms. The lowest BCUT2D eigenvalue weighted by molar-refractivity contribution is -0.155. The van der Waals surface area contributed by atoms with Crippen molar-refractivity contribution in [3.63, 3.8) is 0 Å². The number of Topliss-reactive ketones (excluding diaryl/α,β-unsaturated/α-hetero) is 1. The zero-order chi connectivity index (χ0) is 13.8. The Bertz CT molecular complexity index is 426. The number of esters is 1. The van der Waals surface area contributed by atoms with Crippen LogP contribution in [0.4, 0.5) is 0 Å². The molecule has 0 aromatic carbocycles. The molecule has 0 N–H and O–H groups in total. The number of carbonyl (C=O) groups excluding carboxylic acids is 2. The van der Waals surface area contributed by atoms with Gasteiger partial charge in [0, 0.05) is 22.6 Å². The van der Waals surface area contributed by atoms with Gasteiger partial charge >= 0.3 is 5.97 Å². The molecule has 0 aliphatic heterocycles. The van der Waals surface area contributed by atoms with Crippen LogP contribution < -0.4 is 0 Å². The van der Waals surface area contributed by atoms with Crippen molar-refractivity contribution in [2.45, 2.75) is 52.6 Å². The Hall–Kier alpha value is -1.16. The van der Waals surface area contributed by atoms with Gasteiger partial charge in [-0.3, -0.25) is 9.59 Å². The van der Waals surface area contributed by atoms with Crippen LogP contribution in [0.25, 0.3) is 0 Å². The predicted molar refractivity (Wildman–Crippen MR) is 72.8 cm³/mol. The Morgan fingerprint density at radius 3 is 2.39 bits per heavy atom. The highest BCUT2D eigenvalue weighted by molar-refractivity contribution is 7.12. The molecule has 3 nitrogen and oxygen atoms in total. The fourth-order valence-corrected chi connectivity index (χ4v) is 2.42. The number of rotatable bonds is 5. The number of carbonyl (C=O) groups is 2. The van der Waals surface area contributed by atoms with E-state index in [1.54, 1.807) is 11.3 Å². The van der Waals surface area contributed by atoms with Gasteiger partial charge in [-0.2, -0.15) is 0 Å². The molecule has 0 bridgehead atoms. The molecule has 1 aromatic rings. The molecule has 0 spiro atoms. The quantitative estimate of drug-likeness (QED) is 0.770. The highest BCUT2D eigenvalue weighted by Gasteiger charge is 2.17. The maximum atomic E-state index is 11.7. The average molecular weight is 268 g/mol. The third-order valence-electron chi connectivity index (χ3n) is 2.20. The molecule has 0 saturated carbocycles. The van der Waals surface area contributed by atoms with Crippen LogP contribution in [0, 0.1) is 6.92 Å². The maximum Gasteiger partial charge on any atom is 0.306 e. The minimum Gasteiger partial charge on any atom is -0.460 e. The van der Waals surface area contributed by atoms with Crippen LogP contribution in [0.3, 0.4) is 0 Å². The lowest BCUT2D eigenvalue weighted by Crippen LogP contribution is -2.24. The number of aryl methyl sites for hydroxylation is 1. The van der Waals surface area contributed by atoms with E-state index in [2.05, 4.69) is 0 Å². The minimum absolute atomic E-state index is 0.0858. The Morgan fingerprint density at radius 1 is 1.22 bits per heavy atom. The van der Waals surface area contributed by atoms with E-state index in [9.17, 15) is 9.59 Å². The molecule has 0 atom stereocenters. The molecule has 0 radical (unpaired) electrons. The van der Waals surface area contributed by atoms with Crippen molar-refractivity contribution < 1.29 is 14.3 Å². The fourth-order valence-electron chi connectivity index (χ4n) is 1.50. The smallest absolute Gasteiger partial charge is 0.306 e. The highest BCUT2D eigenvalue weighted by Crippen LogP contribution is 2.17. The summed E-state index contributed by atoms with van der Waals surface area (Å²) in [4.78, 5) is 25.4. The summed E-state index contributed by atoms with van der Waals surface area (Å²) in [7, 11) is 0. The van der Waals surface area contributed by atoms with Crippen molar-refractivity contribution in [3.8, 4) is 0 Å². The molecule has 0 aliphatic rings. The summed E-state index contributed by atoms with van der Waals surface area (Å²) >= 11 is 1.62. The summed E-state index contributed by atoms with van der Waals surface area (Å²) in [5.41, 5.74) is -0.481. The minimum atomic E-state index is -0.481. The molecule has 1 heterocycles. The van der Waals surface area contributed by atoms with Crippen molar-refractivity contribution in [1.29, 1.82) is 0 Å². The Morgan fingerprint density at radius 2 is 1.89 bits per heavy atom. The second kappa shape index (κ2) is 6.14. The molecular formula is C14H20O3S. The van der Waals surface area contributed by atoms with Gasteiger partial charge in [0.05, 0.1) is 6.42 Å². The Kier molecular flexibility index (Phi) is 5.08. The molecule has 0 fully saturated rings. The van der Waals surface area contributed by atoms with Gasteiger partial charge in [0.15, 0.2) is 0 Å². The molecule has 0 unspecified atom stereocenters. The number of ether oxygens (including phenoxy) is 1. The second-order valence-corrected chi connectivity index (χ2v) is 6.69.